The van der Waals surface area contributed by atoms with Crippen molar-refractivity contribution in [3.63, 3.8) is 0 Å². The van der Waals surface area contributed by atoms with Crippen molar-refractivity contribution in [1.82, 2.24) is 4.31 Å². The molecular formula is C19H23N3O6S. The number of hydrogen-bond acceptors (Lipinski definition) is 7. The van der Waals surface area contributed by atoms with E-state index >= 15 is 0 Å². The second-order valence-electron chi connectivity index (χ2n) is 6.13. The van der Waals surface area contributed by atoms with Gasteiger partial charge in [0, 0.05) is 25.5 Å². The fraction of sp³-hybridized carbons (Fsp3) is 0.263. The van der Waals surface area contributed by atoms with Gasteiger partial charge in [0.25, 0.3) is 0 Å². The summed E-state index contributed by atoms with van der Waals surface area (Å²) in [5.74, 6) is -0.702. The summed E-state index contributed by atoms with van der Waals surface area (Å²) in [4.78, 5) is 23.8. The lowest BCUT2D eigenvalue weighted by Crippen LogP contribution is -2.24. The van der Waals surface area contributed by atoms with Gasteiger partial charge in [-0.25, -0.2) is 17.5 Å². The molecule has 0 aliphatic heterocycles. The molecule has 0 bridgehead atoms. The molecule has 2 aromatic carbocycles. The number of nitrogens with zero attached hydrogens (tertiary/aromatic N) is 1. The van der Waals surface area contributed by atoms with Gasteiger partial charge in [0.15, 0.2) is 0 Å². The van der Waals surface area contributed by atoms with Gasteiger partial charge in [-0.2, -0.15) is 0 Å². The molecule has 2 N–H and O–H groups in total. The van der Waals surface area contributed by atoms with Crippen molar-refractivity contribution in [2.45, 2.75) is 4.90 Å². The molecule has 1 amide bonds. The van der Waals surface area contributed by atoms with Gasteiger partial charge in [-0.3, -0.25) is 4.79 Å². The van der Waals surface area contributed by atoms with Gasteiger partial charge in [0.05, 0.1) is 26.3 Å². The summed E-state index contributed by atoms with van der Waals surface area (Å²) in [6.45, 7) is -0.0909. The quantitative estimate of drug-likeness (QED) is 0.625. The number of benzene rings is 2. The number of ether oxygens (including phenoxy) is 2. The van der Waals surface area contributed by atoms with E-state index < -0.39 is 21.9 Å². The maximum absolute atomic E-state index is 12.5. The van der Waals surface area contributed by atoms with Crippen molar-refractivity contribution in [2.24, 2.45) is 0 Å². The summed E-state index contributed by atoms with van der Waals surface area (Å²) in [6.07, 6.45) is 0. The Balaban J connectivity index is 2.11. The van der Waals surface area contributed by atoms with Crippen molar-refractivity contribution < 1.29 is 27.5 Å². The topological polar surface area (TPSA) is 114 Å². The predicted octanol–water partition coefficient (Wildman–Crippen LogP) is 1.78. The molecular weight excluding hydrogens is 398 g/mol. The molecule has 0 fully saturated rings. The van der Waals surface area contributed by atoms with Crippen LogP contribution in [-0.4, -0.2) is 59.5 Å². The Morgan fingerprint density at radius 2 is 1.76 bits per heavy atom. The number of hydrogen-bond donors (Lipinski definition) is 2. The summed E-state index contributed by atoms with van der Waals surface area (Å²) in [5, 5.41) is 5.53. The molecule has 29 heavy (non-hydrogen) atoms. The SMILES string of the molecule is COC(=O)c1cccc(NCC(=O)Nc2ccc(OC)c(S(=O)(=O)N(C)C)c2)c1. The highest BCUT2D eigenvalue weighted by atomic mass is 32.2. The maximum atomic E-state index is 12.5. The first-order valence-corrected chi connectivity index (χ1v) is 9.95. The van der Waals surface area contributed by atoms with Crippen LogP contribution in [0.5, 0.6) is 5.75 Å². The van der Waals surface area contributed by atoms with Crippen molar-refractivity contribution in [3.8, 4) is 5.75 Å². The molecule has 2 rings (SSSR count). The molecule has 0 saturated heterocycles. The molecule has 0 aliphatic carbocycles. The number of rotatable bonds is 8. The molecule has 0 aliphatic rings. The van der Waals surface area contributed by atoms with E-state index in [-0.39, 0.29) is 17.2 Å². The van der Waals surface area contributed by atoms with Gasteiger partial charge in [0.2, 0.25) is 15.9 Å². The molecule has 2 aromatic rings. The van der Waals surface area contributed by atoms with Crippen molar-refractivity contribution in [3.05, 3.63) is 48.0 Å². The fourth-order valence-electron chi connectivity index (χ4n) is 2.41. The lowest BCUT2D eigenvalue weighted by atomic mass is 10.2. The zero-order chi connectivity index (χ0) is 21.6. The molecule has 0 atom stereocenters. The monoisotopic (exact) mass is 421 g/mol. The zero-order valence-corrected chi connectivity index (χ0v) is 17.4. The minimum absolute atomic E-state index is 0.0541. The molecule has 0 heterocycles. The zero-order valence-electron chi connectivity index (χ0n) is 16.6. The largest absolute Gasteiger partial charge is 0.495 e. The smallest absolute Gasteiger partial charge is 0.337 e. The van der Waals surface area contributed by atoms with E-state index in [4.69, 9.17) is 4.74 Å². The Hall–Kier alpha value is -3.11. The number of carbonyl (C=O) groups is 2. The van der Waals surface area contributed by atoms with Gasteiger partial charge in [-0.1, -0.05) is 6.07 Å². The van der Waals surface area contributed by atoms with E-state index in [0.29, 0.717) is 16.9 Å². The summed E-state index contributed by atoms with van der Waals surface area (Å²) in [7, 11) is 1.72. The molecule has 0 spiro atoms. The van der Waals surface area contributed by atoms with Crippen LogP contribution >= 0.6 is 0 Å². The number of sulfonamides is 1. The van der Waals surface area contributed by atoms with Crippen molar-refractivity contribution in [2.75, 3.05) is 45.5 Å². The van der Waals surface area contributed by atoms with Crippen LogP contribution in [0.25, 0.3) is 0 Å². The van der Waals surface area contributed by atoms with Crippen LogP contribution in [0.4, 0.5) is 11.4 Å². The highest BCUT2D eigenvalue weighted by molar-refractivity contribution is 7.89. The fourth-order valence-corrected chi connectivity index (χ4v) is 3.49. The van der Waals surface area contributed by atoms with Gasteiger partial charge >= 0.3 is 5.97 Å². The summed E-state index contributed by atoms with van der Waals surface area (Å²) in [5.41, 5.74) is 1.22. The lowest BCUT2D eigenvalue weighted by molar-refractivity contribution is -0.114. The summed E-state index contributed by atoms with van der Waals surface area (Å²) in [6, 6.07) is 10.9. The summed E-state index contributed by atoms with van der Waals surface area (Å²) >= 11 is 0. The molecule has 10 heteroatoms. The highest BCUT2D eigenvalue weighted by Gasteiger charge is 2.23. The number of methoxy groups -OCH3 is 2. The van der Waals surface area contributed by atoms with Crippen molar-refractivity contribution in [1.29, 1.82) is 0 Å². The first-order valence-electron chi connectivity index (χ1n) is 8.51. The predicted molar refractivity (Wildman–Crippen MR) is 109 cm³/mol. The van der Waals surface area contributed by atoms with Gasteiger partial charge in [-0.15, -0.1) is 0 Å². The Bertz CT molecular complexity index is 1000. The molecule has 0 aromatic heterocycles. The number of amides is 1. The first kappa shape index (κ1) is 22.2. The molecule has 0 unspecified atom stereocenters. The molecule has 0 saturated carbocycles. The standard InChI is InChI=1S/C19H23N3O6S/c1-22(2)29(25,26)17-11-15(8-9-16(17)27-3)21-18(23)12-20-14-7-5-6-13(10-14)19(24)28-4/h5-11,20H,12H2,1-4H3,(H,21,23). The Kier molecular flexibility index (Phi) is 7.18. The minimum Gasteiger partial charge on any atom is -0.495 e. The van der Waals surface area contributed by atoms with E-state index in [2.05, 4.69) is 15.4 Å². The van der Waals surface area contributed by atoms with Crippen LogP contribution < -0.4 is 15.4 Å². The van der Waals surface area contributed by atoms with Gasteiger partial charge in [-0.05, 0) is 36.4 Å². The third-order valence-corrected chi connectivity index (χ3v) is 5.78. The van der Waals surface area contributed by atoms with Gasteiger partial charge in [0.1, 0.15) is 10.6 Å². The first-order chi connectivity index (χ1) is 13.7. The normalized spacial score (nSPS) is 11.1. The third-order valence-electron chi connectivity index (χ3n) is 3.94. The molecule has 9 nitrogen and oxygen atoms in total. The average Bonchev–Trinajstić information content (AvgIpc) is 2.71. The molecule has 156 valence electrons. The van der Waals surface area contributed by atoms with E-state index in [1.807, 2.05) is 0 Å². The Morgan fingerprint density at radius 1 is 1.03 bits per heavy atom. The van der Waals surface area contributed by atoms with Crippen LogP contribution in [0.15, 0.2) is 47.4 Å². The minimum atomic E-state index is -3.75. The number of carbonyl (C=O) groups excluding carboxylic acids is 2. The van der Waals surface area contributed by atoms with Crippen LogP contribution in [-0.2, 0) is 19.6 Å². The Morgan fingerprint density at radius 3 is 2.38 bits per heavy atom. The van der Waals surface area contributed by atoms with E-state index in [1.54, 1.807) is 30.3 Å². The second kappa shape index (κ2) is 9.39. The lowest BCUT2D eigenvalue weighted by Gasteiger charge is -2.16. The van der Waals surface area contributed by atoms with E-state index in [0.717, 1.165) is 4.31 Å². The number of anilines is 2. The van der Waals surface area contributed by atoms with Crippen LogP contribution in [0.1, 0.15) is 10.4 Å². The number of esters is 1. The summed E-state index contributed by atoms with van der Waals surface area (Å²) < 4.78 is 35.8. The van der Waals surface area contributed by atoms with Crippen LogP contribution in [0.3, 0.4) is 0 Å². The van der Waals surface area contributed by atoms with Crippen molar-refractivity contribution >= 4 is 33.3 Å². The number of nitrogens with one attached hydrogen (secondary N) is 2. The highest BCUT2D eigenvalue weighted by Crippen LogP contribution is 2.28. The van der Waals surface area contributed by atoms with Crippen LogP contribution in [0.2, 0.25) is 0 Å². The van der Waals surface area contributed by atoms with E-state index in [9.17, 15) is 18.0 Å². The van der Waals surface area contributed by atoms with Gasteiger partial charge < -0.3 is 20.1 Å². The molecule has 0 radical (unpaired) electrons. The second-order valence-corrected chi connectivity index (χ2v) is 8.25. The maximum Gasteiger partial charge on any atom is 0.337 e. The third kappa shape index (κ3) is 5.46. The average molecular weight is 421 g/mol. The van der Waals surface area contributed by atoms with Crippen LogP contribution in [0, 0.1) is 0 Å². The Labute approximate surface area is 169 Å². The van der Waals surface area contributed by atoms with E-state index in [1.165, 1.54) is 40.4 Å².